The van der Waals surface area contributed by atoms with E-state index >= 15 is 0 Å². The van der Waals surface area contributed by atoms with E-state index in [1.807, 2.05) is 38.1 Å². The summed E-state index contributed by atoms with van der Waals surface area (Å²) < 4.78 is 0. The van der Waals surface area contributed by atoms with Gasteiger partial charge in [0.15, 0.2) is 0 Å². The topological polar surface area (TPSA) is 98.3 Å². The molecule has 3 N–H and O–H groups in total. The molecule has 8 heteroatoms. The van der Waals surface area contributed by atoms with Crippen molar-refractivity contribution < 1.29 is 14.7 Å². The third kappa shape index (κ3) is 6.52. The zero-order chi connectivity index (χ0) is 24.9. The molecule has 2 heterocycles. The van der Waals surface area contributed by atoms with Gasteiger partial charge in [0.25, 0.3) is 0 Å². The Morgan fingerprint density at radius 1 is 1.21 bits per heavy atom. The van der Waals surface area contributed by atoms with Gasteiger partial charge in [-0.15, -0.1) is 5.54 Å². The van der Waals surface area contributed by atoms with Gasteiger partial charge in [0.05, 0.1) is 17.9 Å². The van der Waals surface area contributed by atoms with Gasteiger partial charge in [0, 0.05) is 12.1 Å². The average Bonchev–Trinajstić information content (AvgIpc) is 3.43. The fraction of sp³-hybridized carbons (Fsp3) is 0.423. The van der Waals surface area contributed by atoms with Crippen molar-refractivity contribution in [1.29, 1.82) is 0 Å². The number of aromatic nitrogens is 2. The van der Waals surface area contributed by atoms with E-state index in [4.69, 9.17) is 5.11 Å². The first-order valence-electron chi connectivity index (χ1n) is 11.5. The zero-order valence-corrected chi connectivity index (χ0v) is 21.4. The highest BCUT2D eigenvalue weighted by Crippen LogP contribution is 2.32. The monoisotopic (exact) mass is 476 g/mol. The molecule has 1 aliphatic heterocycles. The van der Waals surface area contributed by atoms with Crippen LogP contribution in [0.25, 0.3) is 11.3 Å². The van der Waals surface area contributed by atoms with Crippen molar-refractivity contribution in [3.8, 4) is 34.6 Å². The lowest BCUT2D eigenvalue weighted by molar-refractivity contribution is -0.135. The van der Waals surface area contributed by atoms with Gasteiger partial charge >= 0.3 is 6.09 Å². The van der Waals surface area contributed by atoms with Crippen molar-refractivity contribution in [3.63, 3.8) is 0 Å². The average molecular weight is 477 g/mol. The minimum absolute atomic E-state index is 0.153. The van der Waals surface area contributed by atoms with E-state index in [-0.39, 0.29) is 17.9 Å². The molecule has 0 unspecified atom stereocenters. The van der Waals surface area contributed by atoms with Crippen molar-refractivity contribution in [3.05, 3.63) is 41.9 Å². The number of carboxylic acid groups (broad SMARTS) is 1. The summed E-state index contributed by atoms with van der Waals surface area (Å²) in [6, 6.07) is 6.89. The number of hydrogen-bond donors (Lipinski definition) is 3. The van der Waals surface area contributed by atoms with Crippen molar-refractivity contribution in [2.75, 3.05) is 6.54 Å². The van der Waals surface area contributed by atoms with Crippen LogP contribution in [-0.4, -0.2) is 52.6 Å². The summed E-state index contributed by atoms with van der Waals surface area (Å²) in [7, 11) is -1.42. The molecule has 34 heavy (non-hydrogen) atoms. The molecule has 2 amide bonds. The molecule has 3 rings (SSSR count). The molecule has 2 atom stereocenters. The highest BCUT2D eigenvalue weighted by atomic mass is 28.3. The summed E-state index contributed by atoms with van der Waals surface area (Å²) in [5, 5.41) is 11.5. The van der Waals surface area contributed by atoms with Crippen LogP contribution in [0.4, 0.5) is 4.79 Å². The van der Waals surface area contributed by atoms with Crippen LogP contribution < -0.4 is 5.32 Å². The van der Waals surface area contributed by atoms with Gasteiger partial charge in [0.1, 0.15) is 19.9 Å². The summed E-state index contributed by atoms with van der Waals surface area (Å²) in [5.74, 6) is 9.31. The van der Waals surface area contributed by atoms with Gasteiger partial charge in [-0.3, -0.25) is 4.79 Å². The van der Waals surface area contributed by atoms with Crippen LogP contribution in [0.15, 0.2) is 30.5 Å². The van der Waals surface area contributed by atoms with Gasteiger partial charge < -0.3 is 20.3 Å². The van der Waals surface area contributed by atoms with E-state index < -0.39 is 20.2 Å². The number of amides is 2. The predicted octanol–water partition coefficient (Wildman–Crippen LogP) is 4.26. The number of nitrogens with zero attached hydrogens (tertiary/aromatic N) is 2. The predicted molar refractivity (Wildman–Crippen MR) is 135 cm³/mol. The zero-order valence-electron chi connectivity index (χ0n) is 20.4. The number of carbonyl (C=O) groups excluding carboxylic acids is 1. The molecule has 1 aromatic carbocycles. The van der Waals surface area contributed by atoms with Crippen molar-refractivity contribution >= 4 is 20.1 Å². The first kappa shape index (κ1) is 25.1. The number of H-pyrrole nitrogens is 1. The molecular weight excluding hydrogens is 444 g/mol. The maximum atomic E-state index is 13.1. The second-order valence-electron chi connectivity index (χ2n) is 9.87. The maximum Gasteiger partial charge on any atom is 0.405 e. The number of benzene rings is 1. The Hall–Kier alpha value is -3.49. The Morgan fingerprint density at radius 3 is 2.53 bits per heavy atom. The van der Waals surface area contributed by atoms with Crippen LogP contribution >= 0.6 is 0 Å². The fourth-order valence-corrected chi connectivity index (χ4v) is 4.29. The lowest BCUT2D eigenvalue weighted by Gasteiger charge is -2.29. The van der Waals surface area contributed by atoms with E-state index in [2.05, 4.69) is 58.2 Å². The quantitative estimate of drug-likeness (QED) is 0.443. The van der Waals surface area contributed by atoms with Crippen LogP contribution in [0.5, 0.6) is 0 Å². The van der Waals surface area contributed by atoms with E-state index in [9.17, 15) is 9.59 Å². The number of likely N-dealkylation sites (tertiary alicyclic amines) is 1. The number of imidazole rings is 1. The third-order valence-corrected chi connectivity index (χ3v) is 6.44. The number of hydrogen-bond acceptors (Lipinski definition) is 3. The van der Waals surface area contributed by atoms with Crippen LogP contribution in [0.3, 0.4) is 0 Å². The highest BCUT2D eigenvalue weighted by Gasteiger charge is 2.37. The normalized spacial score (nSPS) is 16.3. The van der Waals surface area contributed by atoms with E-state index in [0.717, 1.165) is 29.7 Å². The molecule has 1 saturated heterocycles. The van der Waals surface area contributed by atoms with E-state index in [1.165, 1.54) is 0 Å². The molecule has 0 radical (unpaired) electrons. The number of nitrogens with one attached hydrogen (secondary N) is 2. The molecule has 0 spiro atoms. The Bertz CT molecular complexity index is 1160. The van der Waals surface area contributed by atoms with E-state index in [1.54, 1.807) is 11.1 Å². The summed E-state index contributed by atoms with van der Waals surface area (Å²) in [6.45, 7) is 10.8. The van der Waals surface area contributed by atoms with Crippen molar-refractivity contribution in [1.82, 2.24) is 20.2 Å². The van der Waals surface area contributed by atoms with E-state index in [0.29, 0.717) is 12.4 Å². The molecule has 1 aliphatic rings. The van der Waals surface area contributed by atoms with Gasteiger partial charge in [-0.25, -0.2) is 9.78 Å². The Labute approximate surface area is 202 Å². The molecule has 2 aromatic rings. The first-order valence-corrected chi connectivity index (χ1v) is 15.0. The van der Waals surface area contributed by atoms with Crippen LogP contribution in [-0.2, 0) is 4.79 Å². The summed E-state index contributed by atoms with van der Waals surface area (Å²) in [4.78, 5) is 33.9. The minimum Gasteiger partial charge on any atom is -0.465 e. The molecule has 1 fully saturated rings. The number of aromatic amines is 1. The van der Waals surface area contributed by atoms with Crippen LogP contribution in [0, 0.1) is 29.2 Å². The molecule has 1 aromatic heterocycles. The molecule has 0 saturated carbocycles. The Kier molecular flexibility index (Phi) is 7.85. The Morgan fingerprint density at radius 2 is 1.91 bits per heavy atom. The summed E-state index contributed by atoms with van der Waals surface area (Å²) >= 11 is 0. The highest BCUT2D eigenvalue weighted by molar-refractivity contribution is 6.83. The minimum atomic E-state index is -1.42. The Balaban J connectivity index is 1.74. The number of rotatable bonds is 5. The van der Waals surface area contributed by atoms with Crippen molar-refractivity contribution in [2.24, 2.45) is 5.92 Å². The van der Waals surface area contributed by atoms with Crippen LogP contribution in [0.2, 0.25) is 19.6 Å². The maximum absolute atomic E-state index is 13.1. The van der Waals surface area contributed by atoms with Crippen LogP contribution in [0.1, 0.15) is 44.1 Å². The van der Waals surface area contributed by atoms with Gasteiger partial charge in [-0.05, 0) is 48.3 Å². The smallest absolute Gasteiger partial charge is 0.405 e. The first-order chi connectivity index (χ1) is 16.0. The lowest BCUT2D eigenvalue weighted by atomic mass is 10.0. The SMILES string of the molecule is CC(C)[C@H](NC(=O)O)C(=O)N1CCC[C@H]1c1ncc(-c2ccc(C#CC#C[Si](C)(C)C)cc2)[nH]1. The number of carbonyl (C=O) groups is 2. The second kappa shape index (κ2) is 10.6. The summed E-state index contributed by atoms with van der Waals surface area (Å²) in [5.41, 5.74) is 5.96. The standard InChI is InChI=1S/C26H32N4O3Si/c1-18(2)23(29-26(32)33)25(31)30-15-8-10-22(30)24-27-17-21(28-24)20-13-11-19(12-14-20)9-6-7-16-34(3,4)5/h11-14,17-18,22-23,29H,8,10,15H2,1-5H3,(H,27,28)(H,32,33)/t22-,23-/m0/s1. The largest absolute Gasteiger partial charge is 0.465 e. The third-order valence-electron chi connectivity index (χ3n) is 5.56. The molecule has 7 nitrogen and oxygen atoms in total. The second-order valence-corrected chi connectivity index (χ2v) is 14.6. The molecular formula is C26H32N4O3Si. The summed E-state index contributed by atoms with van der Waals surface area (Å²) in [6.07, 6.45) is 2.20. The van der Waals surface area contributed by atoms with Gasteiger partial charge in [0.2, 0.25) is 5.91 Å². The molecule has 0 bridgehead atoms. The van der Waals surface area contributed by atoms with Crippen molar-refractivity contribution in [2.45, 2.75) is 58.4 Å². The molecule has 0 aliphatic carbocycles. The van der Waals surface area contributed by atoms with Gasteiger partial charge in [-0.1, -0.05) is 51.5 Å². The fourth-order valence-electron chi connectivity index (χ4n) is 3.85. The van der Waals surface area contributed by atoms with Gasteiger partial charge in [-0.2, -0.15) is 0 Å². The molecule has 178 valence electrons. The lowest BCUT2D eigenvalue weighted by Crippen LogP contribution is -2.50.